The number of para-hydroxylation sites is 1. The van der Waals surface area contributed by atoms with Crippen LogP contribution in [-0.2, 0) is 22.6 Å². The summed E-state index contributed by atoms with van der Waals surface area (Å²) in [7, 11) is 1.55. The van der Waals surface area contributed by atoms with Crippen LogP contribution in [0.5, 0.6) is 11.5 Å². The fraction of sp³-hybridized carbons (Fsp3) is 0.222. The second-order valence-electron chi connectivity index (χ2n) is 5.17. The summed E-state index contributed by atoms with van der Waals surface area (Å²) in [6.07, 6.45) is 0.575. The number of amides is 2. The Labute approximate surface area is 140 Å². The molecular formula is C18H20N2O4. The number of hydrogen-bond acceptors (Lipinski definition) is 4. The lowest BCUT2D eigenvalue weighted by Crippen LogP contribution is -2.40. The number of benzene rings is 2. The van der Waals surface area contributed by atoms with Crippen LogP contribution in [0.1, 0.15) is 11.1 Å². The minimum absolute atomic E-state index is 0.193. The highest BCUT2D eigenvalue weighted by atomic mass is 16.5. The molecule has 2 amide bonds. The Kier molecular flexibility index (Phi) is 6.19. The number of ether oxygens (including phenoxy) is 1. The molecule has 0 aliphatic heterocycles. The molecule has 3 N–H and O–H groups in total. The number of hydrogen-bond donors (Lipinski definition) is 3. The molecule has 0 aliphatic rings. The summed E-state index contributed by atoms with van der Waals surface area (Å²) >= 11 is 0. The van der Waals surface area contributed by atoms with Crippen LogP contribution in [0, 0.1) is 0 Å². The van der Waals surface area contributed by atoms with Crippen molar-refractivity contribution in [2.45, 2.75) is 13.0 Å². The van der Waals surface area contributed by atoms with Crippen molar-refractivity contribution in [3.8, 4) is 11.5 Å². The third-order valence-corrected chi connectivity index (χ3v) is 3.47. The summed E-state index contributed by atoms with van der Waals surface area (Å²) in [6.45, 7) is 0.555. The number of nitrogens with one attached hydrogen (secondary N) is 2. The quantitative estimate of drug-likeness (QED) is 0.699. The van der Waals surface area contributed by atoms with Crippen molar-refractivity contribution in [3.63, 3.8) is 0 Å². The molecule has 6 nitrogen and oxygen atoms in total. The number of phenols is 1. The van der Waals surface area contributed by atoms with Crippen molar-refractivity contribution < 1.29 is 19.4 Å². The summed E-state index contributed by atoms with van der Waals surface area (Å²) in [6, 6.07) is 14.0. The summed E-state index contributed by atoms with van der Waals surface area (Å²) in [5.41, 5.74) is 1.76. The molecule has 2 aromatic rings. The number of methoxy groups -OCH3 is 1. The van der Waals surface area contributed by atoms with E-state index in [0.717, 1.165) is 11.1 Å². The van der Waals surface area contributed by atoms with Crippen LogP contribution in [-0.4, -0.2) is 30.6 Å². The molecular weight excluding hydrogens is 308 g/mol. The van der Waals surface area contributed by atoms with Crippen LogP contribution < -0.4 is 15.4 Å². The molecule has 0 fully saturated rings. The van der Waals surface area contributed by atoms with Crippen molar-refractivity contribution in [3.05, 3.63) is 59.7 Å². The lowest BCUT2D eigenvalue weighted by atomic mass is 10.1. The van der Waals surface area contributed by atoms with Crippen LogP contribution in [0.4, 0.5) is 0 Å². The molecule has 0 atom stereocenters. The van der Waals surface area contributed by atoms with E-state index in [1.807, 2.05) is 18.2 Å². The van der Waals surface area contributed by atoms with Crippen LogP contribution in [0.25, 0.3) is 0 Å². The third kappa shape index (κ3) is 5.01. The van der Waals surface area contributed by atoms with E-state index in [2.05, 4.69) is 10.6 Å². The molecule has 2 rings (SSSR count). The number of aromatic hydroxyl groups is 1. The van der Waals surface area contributed by atoms with Crippen molar-refractivity contribution in [2.75, 3.05) is 13.7 Å². The number of phenolic OH excluding ortho intramolecular Hbond substituents is 1. The molecule has 0 radical (unpaired) electrons. The Morgan fingerprint density at radius 1 is 1.00 bits per heavy atom. The van der Waals surface area contributed by atoms with Gasteiger partial charge in [-0.3, -0.25) is 9.59 Å². The van der Waals surface area contributed by atoms with E-state index in [-0.39, 0.29) is 12.3 Å². The first-order chi connectivity index (χ1) is 11.6. The Bertz CT molecular complexity index is 698. The zero-order chi connectivity index (χ0) is 17.4. The van der Waals surface area contributed by atoms with Gasteiger partial charge in [0.2, 0.25) is 0 Å². The first-order valence-electron chi connectivity index (χ1n) is 7.56. The molecule has 0 bridgehead atoms. The average molecular weight is 328 g/mol. The minimum Gasteiger partial charge on any atom is -0.508 e. The van der Waals surface area contributed by atoms with Crippen molar-refractivity contribution in [2.24, 2.45) is 0 Å². The largest absolute Gasteiger partial charge is 0.508 e. The van der Waals surface area contributed by atoms with Gasteiger partial charge in [-0.1, -0.05) is 30.3 Å². The van der Waals surface area contributed by atoms with E-state index >= 15 is 0 Å². The first kappa shape index (κ1) is 17.3. The van der Waals surface area contributed by atoms with Crippen molar-refractivity contribution in [1.82, 2.24) is 10.6 Å². The third-order valence-electron chi connectivity index (χ3n) is 3.47. The lowest BCUT2D eigenvalue weighted by molar-refractivity contribution is -0.139. The van der Waals surface area contributed by atoms with E-state index in [1.54, 1.807) is 37.4 Å². The van der Waals surface area contributed by atoms with Gasteiger partial charge in [0.25, 0.3) is 0 Å². The molecule has 126 valence electrons. The maximum absolute atomic E-state index is 11.8. The van der Waals surface area contributed by atoms with Crippen LogP contribution in [0.2, 0.25) is 0 Å². The van der Waals surface area contributed by atoms with E-state index < -0.39 is 11.8 Å². The fourth-order valence-corrected chi connectivity index (χ4v) is 2.17. The molecule has 2 aromatic carbocycles. The highest BCUT2D eigenvalue weighted by molar-refractivity contribution is 6.35. The zero-order valence-electron chi connectivity index (χ0n) is 13.4. The van der Waals surface area contributed by atoms with Gasteiger partial charge < -0.3 is 20.5 Å². The standard InChI is InChI=1S/C18H20N2O4/c1-24-16-5-3-2-4-14(16)12-20-18(23)17(22)19-11-10-13-6-8-15(21)9-7-13/h2-9,21H,10-12H2,1H3,(H,19,22)(H,20,23). The van der Waals surface area contributed by atoms with Gasteiger partial charge in [0.15, 0.2) is 0 Å². The lowest BCUT2D eigenvalue weighted by Gasteiger charge is -2.09. The Balaban J connectivity index is 1.76. The smallest absolute Gasteiger partial charge is 0.309 e. The van der Waals surface area contributed by atoms with E-state index in [9.17, 15) is 14.7 Å². The van der Waals surface area contributed by atoms with Gasteiger partial charge in [-0.15, -0.1) is 0 Å². The molecule has 6 heteroatoms. The van der Waals surface area contributed by atoms with Gasteiger partial charge in [0.05, 0.1) is 7.11 Å². The van der Waals surface area contributed by atoms with Gasteiger partial charge in [-0.05, 0) is 30.2 Å². The second-order valence-corrected chi connectivity index (χ2v) is 5.17. The maximum atomic E-state index is 11.8. The zero-order valence-corrected chi connectivity index (χ0v) is 13.4. The normalized spacial score (nSPS) is 10.0. The van der Waals surface area contributed by atoms with E-state index in [0.29, 0.717) is 18.7 Å². The van der Waals surface area contributed by atoms with Crippen LogP contribution in [0.3, 0.4) is 0 Å². The van der Waals surface area contributed by atoms with Gasteiger partial charge in [0, 0.05) is 18.7 Å². The van der Waals surface area contributed by atoms with Gasteiger partial charge in [0.1, 0.15) is 11.5 Å². The SMILES string of the molecule is COc1ccccc1CNC(=O)C(=O)NCCc1ccc(O)cc1. The molecule has 0 spiro atoms. The minimum atomic E-state index is -0.688. The fourth-order valence-electron chi connectivity index (χ4n) is 2.17. The number of carbonyl (C=O) groups excluding carboxylic acids is 2. The predicted molar refractivity (Wildman–Crippen MR) is 89.7 cm³/mol. The average Bonchev–Trinajstić information content (AvgIpc) is 2.61. The highest BCUT2D eigenvalue weighted by Gasteiger charge is 2.13. The summed E-state index contributed by atoms with van der Waals surface area (Å²) in [5.74, 6) is -0.515. The summed E-state index contributed by atoms with van der Waals surface area (Å²) < 4.78 is 5.19. The Morgan fingerprint density at radius 3 is 2.38 bits per heavy atom. The molecule has 0 unspecified atom stereocenters. The van der Waals surface area contributed by atoms with E-state index in [4.69, 9.17) is 4.74 Å². The van der Waals surface area contributed by atoms with Crippen LogP contribution in [0.15, 0.2) is 48.5 Å². The second kappa shape index (κ2) is 8.57. The monoisotopic (exact) mass is 328 g/mol. The Morgan fingerprint density at radius 2 is 1.67 bits per heavy atom. The summed E-state index contributed by atoms with van der Waals surface area (Å²) in [5, 5.41) is 14.3. The van der Waals surface area contributed by atoms with Crippen LogP contribution >= 0.6 is 0 Å². The maximum Gasteiger partial charge on any atom is 0.309 e. The molecule has 0 heterocycles. The van der Waals surface area contributed by atoms with Gasteiger partial charge in [-0.2, -0.15) is 0 Å². The highest BCUT2D eigenvalue weighted by Crippen LogP contribution is 2.16. The van der Waals surface area contributed by atoms with E-state index in [1.165, 1.54) is 0 Å². The van der Waals surface area contributed by atoms with Crippen molar-refractivity contribution in [1.29, 1.82) is 0 Å². The molecule has 0 saturated carbocycles. The first-order valence-corrected chi connectivity index (χ1v) is 7.56. The topological polar surface area (TPSA) is 87.7 Å². The molecule has 0 saturated heterocycles. The summed E-state index contributed by atoms with van der Waals surface area (Å²) in [4.78, 5) is 23.6. The number of rotatable bonds is 6. The number of carbonyl (C=O) groups is 2. The van der Waals surface area contributed by atoms with Crippen molar-refractivity contribution >= 4 is 11.8 Å². The Hall–Kier alpha value is -3.02. The van der Waals surface area contributed by atoms with Gasteiger partial charge >= 0.3 is 11.8 Å². The molecule has 0 aromatic heterocycles. The van der Waals surface area contributed by atoms with Gasteiger partial charge in [-0.25, -0.2) is 0 Å². The molecule has 0 aliphatic carbocycles. The predicted octanol–water partition coefficient (Wildman–Crippen LogP) is 1.38. The molecule has 24 heavy (non-hydrogen) atoms.